The fourth-order valence-electron chi connectivity index (χ4n) is 3.37. The first-order valence-corrected chi connectivity index (χ1v) is 12.7. The van der Waals surface area contributed by atoms with Gasteiger partial charge in [0.25, 0.3) is 0 Å². The number of rotatable bonds is 3. The first-order valence-electron chi connectivity index (χ1n) is 8.33. The Labute approximate surface area is 182 Å². The normalized spacial score (nSPS) is 23.0. The maximum Gasteiger partial charge on any atom is 0.164 e. The number of amidine groups is 1. The summed E-state index contributed by atoms with van der Waals surface area (Å²) in [5, 5.41) is 0.508. The van der Waals surface area contributed by atoms with Crippen LogP contribution in [0.15, 0.2) is 50.3 Å². The summed E-state index contributed by atoms with van der Waals surface area (Å²) in [7, 11) is -3.22. The van der Waals surface area contributed by atoms with E-state index < -0.39 is 27.7 Å². The van der Waals surface area contributed by atoms with Crippen molar-refractivity contribution in [2.45, 2.75) is 17.8 Å². The Morgan fingerprint density at radius 2 is 1.75 bits per heavy atom. The highest BCUT2D eigenvalue weighted by Crippen LogP contribution is 2.37. The van der Waals surface area contributed by atoms with E-state index in [0.29, 0.717) is 25.4 Å². The van der Waals surface area contributed by atoms with Crippen LogP contribution >= 0.6 is 43.6 Å². The average molecular weight is 552 g/mol. The maximum atomic E-state index is 14.6. The van der Waals surface area contributed by atoms with Crippen molar-refractivity contribution in [2.24, 2.45) is 4.99 Å². The molecule has 0 amide bonds. The van der Waals surface area contributed by atoms with E-state index in [2.05, 4.69) is 36.9 Å². The lowest BCUT2D eigenvalue weighted by Crippen LogP contribution is -2.39. The quantitative estimate of drug-likeness (QED) is 0.551. The minimum absolute atomic E-state index is 0.0526. The number of nitrogens with zero attached hydrogens (tertiary/aromatic N) is 2. The summed E-state index contributed by atoms with van der Waals surface area (Å²) in [5.74, 6) is -0.637. The highest BCUT2D eigenvalue weighted by Gasteiger charge is 2.47. The van der Waals surface area contributed by atoms with Crippen LogP contribution in [0.5, 0.6) is 0 Å². The van der Waals surface area contributed by atoms with Crippen LogP contribution in [0, 0.1) is 11.6 Å². The van der Waals surface area contributed by atoms with Crippen molar-refractivity contribution in [3.63, 3.8) is 0 Å². The molecular weight excluding hydrogens is 538 g/mol. The fraction of sp³-hybridized carbons (Fsp3) is 0.278. The molecule has 2 heterocycles. The van der Waals surface area contributed by atoms with Gasteiger partial charge in [0.2, 0.25) is 0 Å². The Morgan fingerprint density at radius 1 is 1.07 bits per heavy atom. The number of hydrogen-bond donors (Lipinski definition) is 0. The molecular formula is C18H14Br2F2N2O2S2. The molecule has 0 bridgehead atoms. The smallest absolute Gasteiger partial charge is 0.164 e. The zero-order valence-electron chi connectivity index (χ0n) is 14.3. The van der Waals surface area contributed by atoms with Gasteiger partial charge >= 0.3 is 0 Å². The number of anilines is 1. The van der Waals surface area contributed by atoms with Crippen molar-refractivity contribution in [1.82, 2.24) is 0 Å². The Kier molecular flexibility index (Phi) is 5.58. The van der Waals surface area contributed by atoms with Crippen LogP contribution in [-0.4, -0.2) is 37.2 Å². The SMILES string of the molecule is O=S1(=O)C[C@@H]2[C@@H](C1)N=C(SCc1ccc(Br)cc1F)N2c1ccc(Br)cc1F. The Hall–Kier alpha value is -0.970. The van der Waals surface area contributed by atoms with E-state index in [1.165, 1.54) is 23.9 Å². The molecule has 0 aromatic heterocycles. The van der Waals surface area contributed by atoms with E-state index in [1.807, 2.05) is 0 Å². The summed E-state index contributed by atoms with van der Waals surface area (Å²) in [5.41, 5.74) is 0.770. The summed E-state index contributed by atoms with van der Waals surface area (Å²) >= 11 is 7.74. The Balaban J connectivity index is 1.65. The zero-order chi connectivity index (χ0) is 20.1. The molecule has 0 spiro atoms. The van der Waals surface area contributed by atoms with Crippen LogP contribution in [0.4, 0.5) is 14.5 Å². The summed E-state index contributed by atoms with van der Waals surface area (Å²) < 4.78 is 54.2. The van der Waals surface area contributed by atoms with Gasteiger partial charge in [-0.2, -0.15) is 0 Å². The van der Waals surface area contributed by atoms with Crippen molar-refractivity contribution < 1.29 is 17.2 Å². The van der Waals surface area contributed by atoms with Crippen LogP contribution < -0.4 is 4.90 Å². The predicted molar refractivity (Wildman–Crippen MR) is 116 cm³/mol. The number of aliphatic imine (C=N–C) groups is 1. The van der Waals surface area contributed by atoms with E-state index in [-0.39, 0.29) is 23.0 Å². The lowest BCUT2D eigenvalue weighted by molar-refractivity contribution is 0.600. The van der Waals surface area contributed by atoms with E-state index in [4.69, 9.17) is 0 Å². The van der Waals surface area contributed by atoms with E-state index in [1.54, 1.807) is 29.2 Å². The molecule has 2 aromatic rings. The molecule has 4 rings (SSSR count). The van der Waals surface area contributed by atoms with Gasteiger partial charge in [-0.25, -0.2) is 17.2 Å². The second-order valence-electron chi connectivity index (χ2n) is 6.61. The van der Waals surface area contributed by atoms with Crippen LogP contribution in [0.2, 0.25) is 0 Å². The van der Waals surface area contributed by atoms with Gasteiger partial charge < -0.3 is 4.90 Å². The van der Waals surface area contributed by atoms with Gasteiger partial charge in [-0.15, -0.1) is 0 Å². The van der Waals surface area contributed by atoms with Crippen LogP contribution in [-0.2, 0) is 15.6 Å². The van der Waals surface area contributed by atoms with E-state index in [0.717, 1.165) is 0 Å². The van der Waals surface area contributed by atoms with Crippen LogP contribution in [0.25, 0.3) is 0 Å². The molecule has 4 nitrogen and oxygen atoms in total. The number of thioether (sulfide) groups is 1. The first kappa shape index (κ1) is 20.3. The molecule has 1 fully saturated rings. The largest absolute Gasteiger partial charge is 0.312 e. The summed E-state index contributed by atoms with van der Waals surface area (Å²) in [6.07, 6.45) is 0. The molecule has 2 atom stereocenters. The predicted octanol–water partition coefficient (Wildman–Crippen LogP) is 4.76. The highest BCUT2D eigenvalue weighted by atomic mass is 79.9. The lowest BCUT2D eigenvalue weighted by atomic mass is 10.1. The molecule has 0 aliphatic carbocycles. The minimum atomic E-state index is -3.22. The molecule has 2 aromatic carbocycles. The summed E-state index contributed by atoms with van der Waals surface area (Å²) in [6, 6.07) is 8.57. The third-order valence-electron chi connectivity index (χ3n) is 4.65. The zero-order valence-corrected chi connectivity index (χ0v) is 19.1. The highest BCUT2D eigenvalue weighted by molar-refractivity contribution is 9.10. The summed E-state index contributed by atoms with van der Waals surface area (Å²) in [4.78, 5) is 6.20. The van der Waals surface area contributed by atoms with Crippen LogP contribution in [0.3, 0.4) is 0 Å². The van der Waals surface area contributed by atoms with Crippen LogP contribution in [0.1, 0.15) is 5.56 Å². The van der Waals surface area contributed by atoms with E-state index >= 15 is 0 Å². The van der Waals surface area contributed by atoms with Crippen molar-refractivity contribution in [3.05, 3.63) is 62.5 Å². The maximum absolute atomic E-state index is 14.6. The number of halogens is 4. The van der Waals surface area contributed by atoms with Gasteiger partial charge in [0.05, 0.1) is 29.3 Å². The number of benzene rings is 2. The molecule has 0 N–H and O–H groups in total. The third kappa shape index (κ3) is 4.01. The second-order valence-corrected chi connectivity index (χ2v) is 11.5. The van der Waals surface area contributed by atoms with Gasteiger partial charge in [0, 0.05) is 14.7 Å². The molecule has 2 aliphatic rings. The second kappa shape index (κ2) is 7.70. The number of fused-ring (bicyclic) bond motifs is 1. The summed E-state index contributed by atoms with van der Waals surface area (Å²) in [6.45, 7) is 0. The van der Waals surface area contributed by atoms with Crippen molar-refractivity contribution >= 4 is 64.3 Å². The topological polar surface area (TPSA) is 49.7 Å². The molecule has 2 aliphatic heterocycles. The van der Waals surface area contributed by atoms with Gasteiger partial charge in [-0.1, -0.05) is 49.7 Å². The molecule has 28 heavy (non-hydrogen) atoms. The monoisotopic (exact) mass is 550 g/mol. The van der Waals surface area contributed by atoms with Gasteiger partial charge in [-0.3, -0.25) is 4.99 Å². The van der Waals surface area contributed by atoms with Crippen molar-refractivity contribution in [1.29, 1.82) is 0 Å². The van der Waals surface area contributed by atoms with Gasteiger partial charge in [0.1, 0.15) is 11.6 Å². The molecule has 148 valence electrons. The van der Waals surface area contributed by atoms with Crippen molar-refractivity contribution in [2.75, 3.05) is 16.4 Å². The molecule has 1 saturated heterocycles. The minimum Gasteiger partial charge on any atom is -0.312 e. The number of hydrogen-bond acceptors (Lipinski definition) is 5. The average Bonchev–Trinajstić information content (AvgIpc) is 3.06. The molecule has 0 unspecified atom stereocenters. The molecule has 10 heteroatoms. The van der Waals surface area contributed by atoms with E-state index in [9.17, 15) is 17.2 Å². The molecule has 0 saturated carbocycles. The van der Waals surface area contributed by atoms with Crippen molar-refractivity contribution in [3.8, 4) is 0 Å². The van der Waals surface area contributed by atoms with Gasteiger partial charge in [0.15, 0.2) is 15.0 Å². The first-order chi connectivity index (χ1) is 13.2. The lowest BCUT2D eigenvalue weighted by Gasteiger charge is -2.27. The fourth-order valence-corrected chi connectivity index (χ4v) is 6.98. The number of sulfone groups is 1. The Morgan fingerprint density at radius 3 is 2.43 bits per heavy atom. The standard InChI is InChI=1S/C18H14Br2F2N2O2S2/c19-11-2-1-10(13(21)5-11)7-27-18-23-15-8-28(25,26)9-17(15)24(18)16-4-3-12(20)6-14(16)22/h1-6,15,17H,7-9H2/t15-,17-/m1/s1. The van der Waals surface area contributed by atoms with Gasteiger partial charge in [-0.05, 0) is 35.9 Å². The third-order valence-corrected chi connectivity index (χ3v) is 8.35. The molecule has 0 radical (unpaired) electrons. The Bertz CT molecular complexity index is 1080.